The van der Waals surface area contributed by atoms with Gasteiger partial charge in [0.25, 0.3) is 18.2 Å². The number of carbonyl (C=O) groups is 2. The molecule has 1 unspecified atom stereocenters. The van der Waals surface area contributed by atoms with E-state index in [9.17, 15) is 18.4 Å². The number of ether oxygens (including phenoxy) is 2. The lowest BCUT2D eigenvalue weighted by molar-refractivity contribution is -0.116. The number of nitrogens with zero attached hydrogens (tertiary/aromatic N) is 4. The molecule has 2 fully saturated rings. The van der Waals surface area contributed by atoms with E-state index in [-0.39, 0.29) is 48.2 Å². The van der Waals surface area contributed by atoms with Crippen LogP contribution in [-0.2, 0) is 9.59 Å². The summed E-state index contributed by atoms with van der Waals surface area (Å²) < 4.78 is 36.7. The molecule has 16 heteroatoms. The molecule has 4 heterocycles. The lowest BCUT2D eigenvalue weighted by Gasteiger charge is -2.32. The lowest BCUT2D eigenvalue weighted by Crippen LogP contribution is -2.47. The topological polar surface area (TPSA) is 181 Å². The Morgan fingerprint density at radius 3 is 1.52 bits per heavy atom. The van der Waals surface area contributed by atoms with Crippen molar-refractivity contribution in [3.63, 3.8) is 0 Å². The summed E-state index contributed by atoms with van der Waals surface area (Å²) in [6.07, 6.45) is 6.71. The molecule has 0 radical (unpaired) electrons. The first-order valence-corrected chi connectivity index (χ1v) is 21.1. The molecule has 2 aromatic heterocycles. The van der Waals surface area contributed by atoms with Crippen molar-refractivity contribution in [1.82, 2.24) is 30.4 Å². The molecule has 58 heavy (non-hydrogen) atoms. The van der Waals surface area contributed by atoms with Crippen molar-refractivity contribution in [1.29, 1.82) is 10.8 Å². The van der Waals surface area contributed by atoms with Gasteiger partial charge in [0.15, 0.2) is 0 Å². The van der Waals surface area contributed by atoms with Gasteiger partial charge in [-0.3, -0.25) is 25.3 Å². The maximum atomic E-state index is 12.6. The Labute approximate surface area is 344 Å². The highest BCUT2D eigenvalue weighted by Gasteiger charge is 2.26. The molecule has 0 aliphatic carbocycles. The van der Waals surface area contributed by atoms with E-state index < -0.39 is 12.3 Å². The Morgan fingerprint density at radius 1 is 0.707 bits per heavy atom. The molecule has 2 aromatic rings. The minimum absolute atomic E-state index is 0.0648. The minimum atomic E-state index is -2.35. The van der Waals surface area contributed by atoms with E-state index in [0.29, 0.717) is 60.5 Å². The Kier molecular flexibility index (Phi) is 20.8. The number of piperidine rings is 2. The summed E-state index contributed by atoms with van der Waals surface area (Å²) in [6, 6.07) is 6.82. The summed E-state index contributed by atoms with van der Waals surface area (Å²) >= 11 is 0. The molecule has 324 valence electrons. The van der Waals surface area contributed by atoms with Crippen LogP contribution < -0.4 is 30.7 Å². The second-order valence-corrected chi connectivity index (χ2v) is 14.9. The molecule has 0 saturated carbocycles. The van der Waals surface area contributed by atoms with E-state index in [0.717, 1.165) is 71.0 Å². The number of likely N-dealkylation sites (tertiary alicyclic amines) is 2. The first-order valence-electron chi connectivity index (χ1n) is 21.1. The molecule has 1 atom stereocenters. The molecule has 6 N–H and O–H groups in total. The number of alkyl halides is 2. The average molecular weight is 815 g/mol. The van der Waals surface area contributed by atoms with Crippen LogP contribution in [0.15, 0.2) is 24.3 Å². The molecular weight excluding hydrogens is 747 g/mol. The number of hydrogen-bond acceptors (Lipinski definition) is 12. The van der Waals surface area contributed by atoms with Gasteiger partial charge in [0.2, 0.25) is 11.8 Å². The van der Waals surface area contributed by atoms with Gasteiger partial charge < -0.3 is 35.6 Å². The third kappa shape index (κ3) is 15.1. The molecule has 2 aliphatic heterocycles. The van der Waals surface area contributed by atoms with E-state index >= 15 is 0 Å². The van der Waals surface area contributed by atoms with E-state index in [1.165, 1.54) is 0 Å². The zero-order chi connectivity index (χ0) is 42.6. The quantitative estimate of drug-likeness (QED) is 0.0779. The first-order chi connectivity index (χ1) is 27.9. The molecule has 2 amide bonds. The number of anilines is 2. The van der Waals surface area contributed by atoms with Crippen LogP contribution in [-0.4, -0.2) is 127 Å². The Hall–Kier alpha value is -4.44. The zero-order valence-electron chi connectivity index (χ0n) is 35.7. The average Bonchev–Trinajstić information content (AvgIpc) is 3.23. The van der Waals surface area contributed by atoms with Gasteiger partial charge in [0.05, 0.1) is 12.6 Å². The number of halogens is 2. The van der Waals surface area contributed by atoms with Crippen molar-refractivity contribution in [2.24, 2.45) is 0 Å². The minimum Gasteiger partial charge on any atom is -0.474 e. The van der Waals surface area contributed by atoms with Gasteiger partial charge in [-0.1, -0.05) is 41.0 Å². The fourth-order valence-corrected chi connectivity index (χ4v) is 7.10. The van der Waals surface area contributed by atoms with Crippen LogP contribution in [0.4, 0.5) is 20.4 Å². The standard InChI is InChI=1S/C22H37N5O2.C20H31F2N5O2/c1-5-8-17(7-3)29-19-10-9-18(21(24-4)26-19)20(23)22(28)25-16-11-14-27(13-6-2)15-12-16;1-4-14(5-2)29-17-7-6-15(19(24-3)26-17)18(23)20(28)25-13-8-10-27(11-9-13)12-16(21)22/h9-10,16-17,23H,5-8,11-15H2,1-4H3,(H,24,26)(H,25,28);6-7,13-14,16,23H,4-5,8-12H2,1-3H3,(H,24,26)(H,25,28). The fraction of sp³-hybridized carbons (Fsp3) is 0.667. The van der Waals surface area contributed by atoms with Crippen molar-refractivity contribution >= 4 is 34.9 Å². The SMILES string of the molecule is CCC(CC)Oc1ccc(C(=N)C(=O)NC2CCN(CC(F)F)CC2)c(NC)n1.CCCC(CC)Oc1ccc(C(=N)C(=O)NC2CCN(CCC)CC2)c(NC)n1. The van der Waals surface area contributed by atoms with Gasteiger partial charge in [-0.05, 0) is 76.5 Å². The maximum Gasteiger partial charge on any atom is 0.270 e. The van der Waals surface area contributed by atoms with E-state index in [4.69, 9.17) is 20.3 Å². The lowest BCUT2D eigenvalue weighted by atomic mass is 10.0. The van der Waals surface area contributed by atoms with Crippen molar-refractivity contribution in [2.75, 3.05) is 64.0 Å². The largest absolute Gasteiger partial charge is 0.474 e. The number of pyridine rings is 2. The van der Waals surface area contributed by atoms with E-state index in [2.05, 4.69) is 56.9 Å². The third-order valence-corrected chi connectivity index (χ3v) is 10.5. The fourth-order valence-electron chi connectivity index (χ4n) is 7.10. The number of aromatic nitrogens is 2. The van der Waals surface area contributed by atoms with Crippen molar-refractivity contribution in [2.45, 2.75) is 130 Å². The molecule has 2 aliphatic rings. The van der Waals surface area contributed by atoms with Crippen LogP contribution in [0.5, 0.6) is 11.8 Å². The normalized spacial score (nSPS) is 15.9. The van der Waals surface area contributed by atoms with Crippen molar-refractivity contribution < 1.29 is 27.8 Å². The van der Waals surface area contributed by atoms with Crippen LogP contribution in [0.2, 0.25) is 0 Å². The van der Waals surface area contributed by atoms with Gasteiger partial charge in [-0.15, -0.1) is 0 Å². The molecule has 4 rings (SSSR count). The summed E-state index contributed by atoms with van der Waals surface area (Å²) in [4.78, 5) is 38.2. The van der Waals surface area contributed by atoms with E-state index in [1.807, 2.05) is 13.8 Å². The Morgan fingerprint density at radius 2 is 1.14 bits per heavy atom. The van der Waals surface area contributed by atoms with Crippen LogP contribution in [0.25, 0.3) is 0 Å². The monoisotopic (exact) mass is 815 g/mol. The third-order valence-electron chi connectivity index (χ3n) is 10.5. The number of rotatable bonds is 21. The molecule has 0 spiro atoms. The van der Waals surface area contributed by atoms with Gasteiger partial charge in [-0.2, -0.15) is 9.97 Å². The molecule has 0 aromatic carbocycles. The van der Waals surface area contributed by atoms with Gasteiger partial charge in [-0.25, -0.2) is 8.78 Å². The van der Waals surface area contributed by atoms with Crippen LogP contribution in [0.1, 0.15) is 110 Å². The molecule has 14 nitrogen and oxygen atoms in total. The number of carbonyl (C=O) groups excluding carboxylic acids is 2. The summed E-state index contributed by atoms with van der Waals surface area (Å²) in [5, 5.41) is 28.4. The summed E-state index contributed by atoms with van der Waals surface area (Å²) in [5.74, 6) is 1.03. The number of hydrogen-bond donors (Lipinski definition) is 6. The number of nitrogens with one attached hydrogen (secondary N) is 6. The highest BCUT2D eigenvalue weighted by atomic mass is 19.3. The zero-order valence-corrected chi connectivity index (χ0v) is 35.7. The first kappa shape index (κ1) is 47.9. The molecule has 0 bridgehead atoms. The predicted octanol–water partition coefficient (Wildman–Crippen LogP) is 6.34. The van der Waals surface area contributed by atoms with Crippen molar-refractivity contribution in [3.8, 4) is 11.8 Å². The molecule has 2 saturated heterocycles. The highest BCUT2D eigenvalue weighted by molar-refractivity contribution is 6.45. The summed E-state index contributed by atoms with van der Waals surface area (Å²) in [7, 11) is 3.42. The second-order valence-electron chi connectivity index (χ2n) is 14.9. The smallest absolute Gasteiger partial charge is 0.270 e. The van der Waals surface area contributed by atoms with Gasteiger partial charge >= 0.3 is 0 Å². The van der Waals surface area contributed by atoms with Gasteiger partial charge in [0.1, 0.15) is 29.2 Å². The number of amides is 2. The second kappa shape index (κ2) is 25.1. The molecular formula is C42H68F2N10O4. The van der Waals surface area contributed by atoms with Gasteiger partial charge in [0, 0.05) is 75.6 Å². The Bertz CT molecular complexity index is 1600. The maximum absolute atomic E-state index is 12.6. The Balaban J connectivity index is 0.000000310. The van der Waals surface area contributed by atoms with Crippen LogP contribution in [0.3, 0.4) is 0 Å². The summed E-state index contributed by atoms with van der Waals surface area (Å²) in [6.45, 7) is 14.4. The van der Waals surface area contributed by atoms with Crippen LogP contribution >= 0.6 is 0 Å². The highest BCUT2D eigenvalue weighted by Crippen LogP contribution is 2.23. The van der Waals surface area contributed by atoms with E-state index in [1.54, 1.807) is 43.3 Å². The van der Waals surface area contributed by atoms with Crippen LogP contribution in [0, 0.1) is 10.8 Å². The van der Waals surface area contributed by atoms with Crippen molar-refractivity contribution in [3.05, 3.63) is 35.4 Å². The predicted molar refractivity (Wildman–Crippen MR) is 227 cm³/mol. The summed E-state index contributed by atoms with van der Waals surface area (Å²) in [5.41, 5.74) is 0.622.